The van der Waals surface area contributed by atoms with Crippen LogP contribution in [0.5, 0.6) is 0 Å². The Balaban J connectivity index is 1.37. The van der Waals surface area contributed by atoms with E-state index in [9.17, 15) is 4.79 Å². The normalized spacial score (nSPS) is 16.4. The predicted molar refractivity (Wildman–Crippen MR) is 114 cm³/mol. The Labute approximate surface area is 174 Å². The van der Waals surface area contributed by atoms with Crippen LogP contribution in [-0.4, -0.2) is 41.8 Å². The van der Waals surface area contributed by atoms with Gasteiger partial charge in [0.15, 0.2) is 0 Å². The van der Waals surface area contributed by atoms with E-state index < -0.39 is 0 Å². The predicted octanol–water partition coefficient (Wildman–Crippen LogP) is 4.33. The van der Waals surface area contributed by atoms with Gasteiger partial charge >= 0.3 is 0 Å². The summed E-state index contributed by atoms with van der Waals surface area (Å²) in [6, 6.07) is 13.9. The Bertz CT molecular complexity index is 915. The second kappa shape index (κ2) is 9.35. The van der Waals surface area contributed by atoms with Crippen LogP contribution in [0.1, 0.15) is 23.3 Å². The van der Waals surface area contributed by atoms with Gasteiger partial charge in [0.05, 0.1) is 12.6 Å². The molecule has 4 rings (SSSR count). The van der Waals surface area contributed by atoms with Gasteiger partial charge in [-0.2, -0.15) is 0 Å². The SMILES string of the molecule is Cc1ccc(-c2cc(NC(=O)CN(Cc3cccs3)C[C@@H]3CCCO3)on2)cc1. The summed E-state index contributed by atoms with van der Waals surface area (Å²) < 4.78 is 11.1. The Kier molecular flexibility index (Phi) is 6.39. The number of benzene rings is 1. The Morgan fingerprint density at radius 3 is 2.90 bits per heavy atom. The van der Waals surface area contributed by atoms with Crippen LogP contribution in [0.25, 0.3) is 11.3 Å². The smallest absolute Gasteiger partial charge is 0.240 e. The number of aromatic nitrogens is 1. The van der Waals surface area contributed by atoms with Crippen molar-refractivity contribution in [3.63, 3.8) is 0 Å². The number of hydrogen-bond donors (Lipinski definition) is 1. The molecular formula is C22H25N3O3S. The lowest BCUT2D eigenvalue weighted by Gasteiger charge is -2.23. The lowest BCUT2D eigenvalue weighted by molar-refractivity contribution is -0.117. The number of carbonyl (C=O) groups excluding carboxylic acids is 1. The molecule has 1 fully saturated rings. The molecule has 0 unspecified atom stereocenters. The monoisotopic (exact) mass is 411 g/mol. The van der Waals surface area contributed by atoms with E-state index >= 15 is 0 Å². The molecule has 7 heteroatoms. The van der Waals surface area contributed by atoms with E-state index in [0.717, 1.165) is 38.1 Å². The van der Waals surface area contributed by atoms with E-state index in [2.05, 4.69) is 26.8 Å². The van der Waals surface area contributed by atoms with Crippen LogP contribution >= 0.6 is 11.3 Å². The first-order valence-electron chi connectivity index (χ1n) is 9.85. The third-order valence-electron chi connectivity index (χ3n) is 4.93. The van der Waals surface area contributed by atoms with Gasteiger partial charge in [-0.1, -0.05) is 41.1 Å². The number of anilines is 1. The molecule has 152 valence electrons. The van der Waals surface area contributed by atoms with Gasteiger partial charge in [0.25, 0.3) is 0 Å². The summed E-state index contributed by atoms with van der Waals surface area (Å²) in [4.78, 5) is 16.0. The van der Waals surface area contributed by atoms with Gasteiger partial charge in [-0.15, -0.1) is 11.3 Å². The Morgan fingerprint density at radius 1 is 1.31 bits per heavy atom. The first-order valence-corrected chi connectivity index (χ1v) is 10.7. The summed E-state index contributed by atoms with van der Waals surface area (Å²) in [5.41, 5.74) is 2.84. The summed E-state index contributed by atoms with van der Waals surface area (Å²) in [6.45, 7) is 4.60. The standard InChI is InChI=1S/C22H25N3O3S/c1-16-6-8-17(9-7-16)20-12-22(28-24-20)23-21(26)15-25(13-18-4-2-10-27-18)14-19-5-3-11-29-19/h3,5-9,11-12,18H,2,4,10,13-15H2,1H3,(H,23,26)/t18-/m0/s1. The minimum Gasteiger partial charge on any atom is -0.377 e. The summed E-state index contributed by atoms with van der Waals surface area (Å²) >= 11 is 1.70. The van der Waals surface area contributed by atoms with Crippen molar-refractivity contribution in [2.24, 2.45) is 0 Å². The van der Waals surface area contributed by atoms with Crippen molar-refractivity contribution in [1.29, 1.82) is 0 Å². The summed E-state index contributed by atoms with van der Waals surface area (Å²) in [7, 11) is 0. The highest BCUT2D eigenvalue weighted by Crippen LogP contribution is 2.22. The fourth-order valence-electron chi connectivity index (χ4n) is 3.46. The number of nitrogens with zero attached hydrogens (tertiary/aromatic N) is 2. The number of hydrogen-bond acceptors (Lipinski definition) is 6. The molecule has 3 aromatic rings. The van der Waals surface area contributed by atoms with Crippen molar-refractivity contribution in [2.45, 2.75) is 32.4 Å². The topological polar surface area (TPSA) is 67.6 Å². The average molecular weight is 412 g/mol. The Hall–Kier alpha value is -2.48. The number of carbonyl (C=O) groups is 1. The van der Waals surface area contributed by atoms with Gasteiger partial charge in [0, 0.05) is 36.2 Å². The van der Waals surface area contributed by atoms with Gasteiger partial charge in [0.2, 0.25) is 11.8 Å². The molecule has 1 aromatic carbocycles. The van der Waals surface area contributed by atoms with Crippen molar-refractivity contribution < 1.29 is 14.1 Å². The van der Waals surface area contributed by atoms with Gasteiger partial charge in [0.1, 0.15) is 5.69 Å². The Morgan fingerprint density at radius 2 is 2.17 bits per heavy atom. The first-order chi connectivity index (χ1) is 14.2. The zero-order valence-corrected chi connectivity index (χ0v) is 17.3. The molecule has 3 heterocycles. The molecule has 6 nitrogen and oxygen atoms in total. The summed E-state index contributed by atoms with van der Waals surface area (Å²) in [6.07, 6.45) is 2.33. The third kappa shape index (κ3) is 5.53. The minimum absolute atomic E-state index is 0.119. The molecule has 0 radical (unpaired) electrons. The van der Waals surface area contributed by atoms with Crippen LogP contribution in [-0.2, 0) is 16.1 Å². The lowest BCUT2D eigenvalue weighted by atomic mass is 10.1. The van der Waals surface area contributed by atoms with Crippen LogP contribution in [0.15, 0.2) is 52.4 Å². The van der Waals surface area contributed by atoms with Crippen molar-refractivity contribution in [3.8, 4) is 11.3 Å². The van der Waals surface area contributed by atoms with E-state index in [-0.39, 0.29) is 18.6 Å². The average Bonchev–Trinajstić information content (AvgIpc) is 3.45. The summed E-state index contributed by atoms with van der Waals surface area (Å²) in [5.74, 6) is 0.241. The molecular weight excluding hydrogens is 386 g/mol. The molecule has 1 aliphatic rings. The third-order valence-corrected chi connectivity index (χ3v) is 5.79. The van der Waals surface area contributed by atoms with E-state index in [0.29, 0.717) is 11.6 Å². The van der Waals surface area contributed by atoms with E-state index in [1.165, 1.54) is 10.4 Å². The molecule has 2 aromatic heterocycles. The number of rotatable bonds is 8. The maximum absolute atomic E-state index is 12.6. The number of thiophene rings is 1. The zero-order valence-electron chi connectivity index (χ0n) is 16.5. The van der Waals surface area contributed by atoms with Crippen LogP contribution in [0.2, 0.25) is 0 Å². The molecule has 0 saturated carbocycles. The number of aryl methyl sites for hydroxylation is 1. The van der Waals surface area contributed by atoms with Gasteiger partial charge < -0.3 is 9.26 Å². The molecule has 1 saturated heterocycles. The van der Waals surface area contributed by atoms with Gasteiger partial charge in [-0.25, -0.2) is 0 Å². The maximum Gasteiger partial charge on any atom is 0.240 e. The van der Waals surface area contributed by atoms with Crippen LogP contribution in [0.4, 0.5) is 5.88 Å². The minimum atomic E-state index is -0.119. The van der Waals surface area contributed by atoms with Crippen LogP contribution in [0.3, 0.4) is 0 Å². The number of amides is 1. The van der Waals surface area contributed by atoms with Crippen LogP contribution < -0.4 is 5.32 Å². The van der Waals surface area contributed by atoms with E-state index in [1.54, 1.807) is 17.4 Å². The molecule has 1 N–H and O–H groups in total. The van der Waals surface area contributed by atoms with Crippen molar-refractivity contribution in [2.75, 3.05) is 25.0 Å². The highest BCUT2D eigenvalue weighted by molar-refractivity contribution is 7.09. The molecule has 0 bridgehead atoms. The van der Waals surface area contributed by atoms with Gasteiger partial charge in [-0.3, -0.25) is 15.0 Å². The quantitative estimate of drug-likeness (QED) is 0.598. The van der Waals surface area contributed by atoms with E-state index in [1.807, 2.05) is 37.3 Å². The molecule has 0 spiro atoms. The zero-order chi connectivity index (χ0) is 20.1. The second-order valence-corrected chi connectivity index (χ2v) is 8.41. The number of ether oxygens (including phenoxy) is 1. The molecule has 29 heavy (non-hydrogen) atoms. The second-order valence-electron chi connectivity index (χ2n) is 7.37. The van der Waals surface area contributed by atoms with Crippen LogP contribution in [0, 0.1) is 6.92 Å². The molecule has 1 amide bonds. The van der Waals surface area contributed by atoms with Crippen molar-refractivity contribution in [1.82, 2.24) is 10.1 Å². The largest absolute Gasteiger partial charge is 0.377 e. The lowest BCUT2D eigenvalue weighted by Crippen LogP contribution is -2.37. The highest BCUT2D eigenvalue weighted by atomic mass is 32.1. The highest BCUT2D eigenvalue weighted by Gasteiger charge is 2.22. The van der Waals surface area contributed by atoms with Gasteiger partial charge in [-0.05, 0) is 31.2 Å². The van der Waals surface area contributed by atoms with Crippen molar-refractivity contribution >= 4 is 23.1 Å². The molecule has 0 aliphatic carbocycles. The van der Waals surface area contributed by atoms with E-state index in [4.69, 9.17) is 9.26 Å². The van der Waals surface area contributed by atoms with Crippen molar-refractivity contribution in [3.05, 3.63) is 58.3 Å². The fourth-order valence-corrected chi connectivity index (χ4v) is 4.20. The maximum atomic E-state index is 12.6. The molecule has 1 atom stereocenters. The molecule has 1 aliphatic heterocycles. The first kappa shape index (κ1) is 19.8. The fraction of sp³-hybridized carbons (Fsp3) is 0.364. The number of nitrogens with one attached hydrogen (secondary N) is 1. The summed E-state index contributed by atoms with van der Waals surface area (Å²) in [5, 5.41) is 8.96.